The van der Waals surface area contributed by atoms with E-state index >= 15 is 0 Å². The summed E-state index contributed by atoms with van der Waals surface area (Å²) in [4.78, 5) is 28.0. The highest BCUT2D eigenvalue weighted by Crippen LogP contribution is 2.13. The van der Waals surface area contributed by atoms with Gasteiger partial charge in [0.1, 0.15) is 0 Å². The molecule has 1 fully saturated rings. The number of aromatic hydroxyl groups is 1. The van der Waals surface area contributed by atoms with Crippen LogP contribution in [0.5, 0.6) is 5.88 Å². The number of hydrogen-bond acceptors (Lipinski definition) is 5. The maximum absolute atomic E-state index is 11.8. The Bertz CT molecular complexity index is 561. The second-order valence-electron chi connectivity index (χ2n) is 4.92. The molecule has 1 saturated heterocycles. The molecule has 20 heavy (non-hydrogen) atoms. The van der Waals surface area contributed by atoms with Crippen molar-refractivity contribution in [1.82, 2.24) is 14.5 Å². The van der Waals surface area contributed by atoms with Crippen LogP contribution in [0.25, 0.3) is 0 Å². The molecule has 2 N–H and O–H groups in total. The zero-order valence-corrected chi connectivity index (χ0v) is 12.5. The summed E-state index contributed by atoms with van der Waals surface area (Å²) in [6.07, 6.45) is 1.22. The van der Waals surface area contributed by atoms with Crippen molar-refractivity contribution in [3.05, 3.63) is 26.4 Å². The Morgan fingerprint density at radius 3 is 2.60 bits per heavy atom. The Morgan fingerprint density at radius 1 is 1.25 bits per heavy atom. The lowest BCUT2D eigenvalue weighted by Crippen LogP contribution is -2.38. The number of H-pyrrole nitrogens is 1. The van der Waals surface area contributed by atoms with Gasteiger partial charge in [-0.15, -0.1) is 0 Å². The van der Waals surface area contributed by atoms with E-state index in [4.69, 9.17) is 0 Å². The normalized spacial score (nSPS) is 16.4. The first-order chi connectivity index (χ1) is 9.63. The van der Waals surface area contributed by atoms with Crippen LogP contribution in [0.15, 0.2) is 9.59 Å². The minimum atomic E-state index is -0.529. The number of nitrogens with zero attached hydrogens (tertiary/aromatic N) is 2. The van der Waals surface area contributed by atoms with Gasteiger partial charge in [-0.3, -0.25) is 19.2 Å². The molecule has 1 aliphatic heterocycles. The van der Waals surface area contributed by atoms with E-state index in [9.17, 15) is 14.7 Å². The first kappa shape index (κ1) is 15.2. The van der Waals surface area contributed by atoms with Crippen LogP contribution in [0.4, 0.5) is 0 Å². The lowest BCUT2D eigenvalue weighted by Gasteiger charge is -2.26. The molecule has 6 nitrogen and oxygen atoms in total. The SMILES string of the molecule is CCCc1c(O)n(CCN2CCSCC2)c(=O)[nH]c1=O. The molecular formula is C13H21N3O3S. The van der Waals surface area contributed by atoms with Gasteiger partial charge >= 0.3 is 5.69 Å². The highest BCUT2D eigenvalue weighted by Gasteiger charge is 2.15. The first-order valence-electron chi connectivity index (χ1n) is 6.98. The molecule has 0 unspecified atom stereocenters. The molecule has 1 aromatic heterocycles. The van der Waals surface area contributed by atoms with Crippen LogP contribution >= 0.6 is 11.8 Å². The van der Waals surface area contributed by atoms with Crippen LogP contribution in [0.2, 0.25) is 0 Å². The second kappa shape index (κ2) is 6.99. The van der Waals surface area contributed by atoms with Crippen molar-refractivity contribution in [2.45, 2.75) is 26.3 Å². The highest BCUT2D eigenvalue weighted by molar-refractivity contribution is 7.99. The van der Waals surface area contributed by atoms with Gasteiger partial charge in [0.05, 0.1) is 5.56 Å². The molecule has 1 aromatic rings. The molecule has 2 heterocycles. The highest BCUT2D eigenvalue weighted by atomic mass is 32.2. The van der Waals surface area contributed by atoms with E-state index in [1.807, 2.05) is 18.7 Å². The summed E-state index contributed by atoms with van der Waals surface area (Å²) >= 11 is 1.93. The van der Waals surface area contributed by atoms with Gasteiger partial charge in [0.15, 0.2) is 0 Å². The number of rotatable bonds is 5. The van der Waals surface area contributed by atoms with Gasteiger partial charge < -0.3 is 5.11 Å². The summed E-state index contributed by atoms with van der Waals surface area (Å²) in [7, 11) is 0. The lowest BCUT2D eigenvalue weighted by molar-refractivity contribution is 0.277. The third-order valence-corrected chi connectivity index (χ3v) is 4.45. The monoisotopic (exact) mass is 299 g/mol. The minimum Gasteiger partial charge on any atom is -0.494 e. The quantitative estimate of drug-likeness (QED) is 0.814. The van der Waals surface area contributed by atoms with E-state index in [0.29, 0.717) is 25.1 Å². The van der Waals surface area contributed by atoms with Gasteiger partial charge in [0.2, 0.25) is 5.88 Å². The Labute approximate surface area is 121 Å². The summed E-state index contributed by atoms with van der Waals surface area (Å²) < 4.78 is 1.27. The van der Waals surface area contributed by atoms with E-state index in [1.54, 1.807) is 0 Å². The van der Waals surface area contributed by atoms with Crippen molar-refractivity contribution in [2.24, 2.45) is 0 Å². The molecule has 0 spiro atoms. The zero-order chi connectivity index (χ0) is 14.5. The smallest absolute Gasteiger partial charge is 0.331 e. The summed E-state index contributed by atoms with van der Waals surface area (Å²) in [5.74, 6) is 2.04. The fourth-order valence-electron chi connectivity index (χ4n) is 2.35. The van der Waals surface area contributed by atoms with Crippen molar-refractivity contribution in [3.8, 4) is 5.88 Å². The van der Waals surface area contributed by atoms with Gasteiger partial charge in [-0.1, -0.05) is 13.3 Å². The van der Waals surface area contributed by atoms with Crippen molar-refractivity contribution < 1.29 is 5.11 Å². The van der Waals surface area contributed by atoms with Crippen LogP contribution in [-0.2, 0) is 13.0 Å². The number of aromatic nitrogens is 2. The van der Waals surface area contributed by atoms with E-state index in [-0.39, 0.29) is 5.88 Å². The lowest BCUT2D eigenvalue weighted by atomic mass is 10.2. The first-order valence-corrected chi connectivity index (χ1v) is 8.14. The van der Waals surface area contributed by atoms with Crippen LogP contribution in [0, 0.1) is 0 Å². The van der Waals surface area contributed by atoms with Crippen molar-refractivity contribution in [1.29, 1.82) is 0 Å². The Morgan fingerprint density at radius 2 is 1.95 bits per heavy atom. The fourth-order valence-corrected chi connectivity index (χ4v) is 3.33. The number of aromatic amines is 1. The molecule has 0 aliphatic carbocycles. The Balaban J connectivity index is 2.16. The van der Waals surface area contributed by atoms with Crippen molar-refractivity contribution >= 4 is 11.8 Å². The molecule has 7 heteroatoms. The molecule has 1 aliphatic rings. The molecule has 0 radical (unpaired) electrons. The van der Waals surface area contributed by atoms with Crippen molar-refractivity contribution in [2.75, 3.05) is 31.1 Å². The summed E-state index contributed by atoms with van der Waals surface area (Å²) in [6.45, 7) is 5.06. The summed E-state index contributed by atoms with van der Waals surface area (Å²) in [5, 5.41) is 10.1. The zero-order valence-electron chi connectivity index (χ0n) is 11.7. The van der Waals surface area contributed by atoms with Gasteiger partial charge in [-0.05, 0) is 6.42 Å². The molecule has 0 amide bonds. The maximum Gasteiger partial charge on any atom is 0.331 e. The summed E-state index contributed by atoms with van der Waals surface area (Å²) in [6, 6.07) is 0. The van der Waals surface area contributed by atoms with Crippen LogP contribution in [-0.4, -0.2) is 50.7 Å². The van der Waals surface area contributed by atoms with Gasteiger partial charge in [-0.2, -0.15) is 11.8 Å². The van der Waals surface area contributed by atoms with Gasteiger partial charge in [-0.25, -0.2) is 4.79 Å². The minimum absolute atomic E-state index is 0.174. The fraction of sp³-hybridized carbons (Fsp3) is 0.692. The molecular weight excluding hydrogens is 278 g/mol. The van der Waals surface area contributed by atoms with E-state index in [2.05, 4.69) is 9.88 Å². The number of nitrogens with one attached hydrogen (secondary N) is 1. The van der Waals surface area contributed by atoms with E-state index in [0.717, 1.165) is 31.0 Å². The van der Waals surface area contributed by atoms with Gasteiger partial charge in [0.25, 0.3) is 5.56 Å². The Hall–Kier alpha value is -1.21. The number of hydrogen-bond donors (Lipinski definition) is 2. The molecule has 0 aromatic carbocycles. The number of thioether (sulfide) groups is 1. The second-order valence-corrected chi connectivity index (χ2v) is 6.14. The Kier molecular flexibility index (Phi) is 5.31. The molecule has 0 bridgehead atoms. The molecule has 0 atom stereocenters. The maximum atomic E-state index is 11.8. The third kappa shape index (κ3) is 3.46. The molecule has 0 saturated carbocycles. The average molecular weight is 299 g/mol. The van der Waals surface area contributed by atoms with Crippen molar-refractivity contribution in [3.63, 3.8) is 0 Å². The van der Waals surface area contributed by atoms with Crippen LogP contribution < -0.4 is 11.2 Å². The van der Waals surface area contributed by atoms with E-state index in [1.165, 1.54) is 4.57 Å². The average Bonchev–Trinajstić information content (AvgIpc) is 2.44. The van der Waals surface area contributed by atoms with Crippen LogP contribution in [0.3, 0.4) is 0 Å². The topological polar surface area (TPSA) is 78.3 Å². The van der Waals surface area contributed by atoms with Crippen LogP contribution in [0.1, 0.15) is 18.9 Å². The molecule has 2 rings (SSSR count). The standard InChI is InChI=1S/C13H21N3O3S/c1-2-3-10-11(17)14-13(19)16(12(10)18)5-4-15-6-8-20-9-7-15/h18H,2-9H2,1H3,(H,14,17,19). The summed E-state index contributed by atoms with van der Waals surface area (Å²) in [5.41, 5.74) is -0.694. The van der Waals surface area contributed by atoms with E-state index < -0.39 is 11.2 Å². The third-order valence-electron chi connectivity index (χ3n) is 3.51. The molecule has 112 valence electrons. The predicted octanol–water partition coefficient (Wildman–Crippen LogP) is 0.243. The van der Waals surface area contributed by atoms with Gasteiger partial charge in [0, 0.05) is 37.7 Å². The predicted molar refractivity (Wildman–Crippen MR) is 80.7 cm³/mol. The largest absolute Gasteiger partial charge is 0.494 e.